The Hall–Kier alpha value is -2.12. The summed E-state index contributed by atoms with van der Waals surface area (Å²) in [6.45, 7) is 1.03. The monoisotopic (exact) mass is 335 g/mol. The van der Waals surface area contributed by atoms with Crippen LogP contribution in [0.4, 0.5) is 5.69 Å². The number of likely N-dealkylation sites (N-methyl/N-ethyl adjacent to an activating group) is 1. The molecule has 1 aromatic carbocycles. The third-order valence-electron chi connectivity index (χ3n) is 4.07. The van der Waals surface area contributed by atoms with E-state index in [1.54, 1.807) is 18.0 Å². The van der Waals surface area contributed by atoms with Gasteiger partial charge in [-0.15, -0.1) is 0 Å². The Kier molecular flexibility index (Phi) is 4.23. The SMILES string of the molecule is CN(Cc1nn(C)c(=O)[nH]1)C1CCN(c2ccccc2Cl)C1=O. The zero-order valence-corrected chi connectivity index (χ0v) is 13.7. The zero-order valence-electron chi connectivity index (χ0n) is 13.0. The predicted molar refractivity (Wildman–Crippen MR) is 87.5 cm³/mol. The molecule has 1 atom stereocenters. The maximum absolute atomic E-state index is 12.7. The first-order valence-corrected chi connectivity index (χ1v) is 7.73. The van der Waals surface area contributed by atoms with Crippen molar-refractivity contribution in [1.29, 1.82) is 0 Å². The van der Waals surface area contributed by atoms with Gasteiger partial charge in [0.2, 0.25) is 5.91 Å². The second kappa shape index (κ2) is 6.17. The van der Waals surface area contributed by atoms with Crippen molar-refractivity contribution >= 4 is 23.2 Å². The molecule has 7 nitrogen and oxygen atoms in total. The number of carbonyl (C=O) groups excluding carboxylic acids is 1. The summed E-state index contributed by atoms with van der Waals surface area (Å²) >= 11 is 6.19. The van der Waals surface area contributed by atoms with E-state index < -0.39 is 0 Å². The number of benzene rings is 1. The number of aryl methyl sites for hydroxylation is 1. The highest BCUT2D eigenvalue weighted by atomic mass is 35.5. The van der Waals surface area contributed by atoms with E-state index in [4.69, 9.17) is 11.6 Å². The molecule has 8 heteroatoms. The van der Waals surface area contributed by atoms with E-state index in [0.29, 0.717) is 30.4 Å². The molecule has 1 aliphatic rings. The molecule has 0 aliphatic carbocycles. The maximum atomic E-state index is 12.7. The fourth-order valence-electron chi connectivity index (χ4n) is 2.86. The summed E-state index contributed by atoms with van der Waals surface area (Å²) in [5.74, 6) is 0.558. The number of amides is 1. The number of nitrogens with one attached hydrogen (secondary N) is 1. The molecule has 3 rings (SSSR count). The van der Waals surface area contributed by atoms with Gasteiger partial charge in [0.15, 0.2) is 0 Å². The van der Waals surface area contributed by atoms with Gasteiger partial charge in [-0.1, -0.05) is 23.7 Å². The van der Waals surface area contributed by atoms with Crippen molar-refractivity contribution in [3.05, 3.63) is 45.6 Å². The highest BCUT2D eigenvalue weighted by Gasteiger charge is 2.36. The molecule has 2 aromatic rings. The highest BCUT2D eigenvalue weighted by molar-refractivity contribution is 6.33. The fraction of sp³-hybridized carbons (Fsp3) is 0.400. The van der Waals surface area contributed by atoms with Gasteiger partial charge in [-0.05, 0) is 25.6 Å². The third-order valence-corrected chi connectivity index (χ3v) is 4.39. The standard InChI is InChI=1S/C15H18ClN5O2/c1-19(9-13-17-15(23)20(2)18-13)12-7-8-21(14(12)22)11-6-4-3-5-10(11)16/h3-6,12H,7-9H2,1-2H3,(H,17,18,23). The average Bonchev–Trinajstić information content (AvgIpc) is 3.03. The zero-order chi connectivity index (χ0) is 16.6. The molecule has 1 saturated heterocycles. The smallest absolute Gasteiger partial charge is 0.310 e. The minimum atomic E-state index is -0.260. The van der Waals surface area contributed by atoms with E-state index in [-0.39, 0.29) is 17.6 Å². The van der Waals surface area contributed by atoms with Crippen LogP contribution in [0, 0.1) is 0 Å². The Morgan fingerprint density at radius 1 is 1.39 bits per heavy atom. The lowest BCUT2D eigenvalue weighted by Gasteiger charge is -2.23. The number of carbonyl (C=O) groups is 1. The second-order valence-electron chi connectivity index (χ2n) is 5.66. The number of aromatic nitrogens is 3. The van der Waals surface area contributed by atoms with E-state index in [0.717, 1.165) is 5.69 Å². The molecule has 0 spiro atoms. The lowest BCUT2D eigenvalue weighted by molar-refractivity contribution is -0.121. The highest BCUT2D eigenvalue weighted by Crippen LogP contribution is 2.30. The number of halogens is 1. The number of hydrogen-bond donors (Lipinski definition) is 1. The van der Waals surface area contributed by atoms with E-state index in [2.05, 4.69) is 10.1 Å². The molecule has 1 amide bonds. The van der Waals surface area contributed by atoms with Crippen LogP contribution in [-0.4, -0.2) is 45.2 Å². The van der Waals surface area contributed by atoms with Gasteiger partial charge in [-0.25, -0.2) is 9.48 Å². The van der Waals surface area contributed by atoms with E-state index >= 15 is 0 Å². The lowest BCUT2D eigenvalue weighted by atomic mass is 10.2. The quantitative estimate of drug-likeness (QED) is 0.904. The predicted octanol–water partition coefficient (Wildman–Crippen LogP) is 0.999. The van der Waals surface area contributed by atoms with Crippen molar-refractivity contribution in [2.45, 2.75) is 19.0 Å². The Morgan fingerprint density at radius 3 is 2.78 bits per heavy atom. The van der Waals surface area contributed by atoms with Crippen molar-refractivity contribution in [1.82, 2.24) is 19.7 Å². The molecule has 2 heterocycles. The van der Waals surface area contributed by atoms with Crippen LogP contribution in [-0.2, 0) is 18.4 Å². The number of H-pyrrole nitrogens is 1. The maximum Gasteiger partial charge on any atom is 0.343 e. The average molecular weight is 336 g/mol. The minimum absolute atomic E-state index is 0.0129. The Labute approximate surface area is 138 Å². The normalized spacial score (nSPS) is 18.2. The van der Waals surface area contributed by atoms with Gasteiger partial charge in [-0.3, -0.25) is 14.7 Å². The number of aromatic amines is 1. The van der Waals surface area contributed by atoms with Crippen molar-refractivity contribution in [3.63, 3.8) is 0 Å². The molecule has 122 valence electrons. The summed E-state index contributed by atoms with van der Waals surface area (Å²) in [4.78, 5) is 30.4. The number of nitrogens with zero attached hydrogens (tertiary/aromatic N) is 4. The van der Waals surface area contributed by atoms with Crippen LogP contribution in [0.5, 0.6) is 0 Å². The van der Waals surface area contributed by atoms with Crippen molar-refractivity contribution in [2.24, 2.45) is 7.05 Å². The summed E-state index contributed by atoms with van der Waals surface area (Å²) in [5, 5.41) is 4.67. The Morgan fingerprint density at radius 2 is 2.13 bits per heavy atom. The van der Waals surface area contributed by atoms with Crippen LogP contribution in [0.3, 0.4) is 0 Å². The summed E-state index contributed by atoms with van der Waals surface area (Å²) in [6.07, 6.45) is 0.706. The fourth-order valence-corrected chi connectivity index (χ4v) is 3.09. The topological polar surface area (TPSA) is 74.2 Å². The molecule has 23 heavy (non-hydrogen) atoms. The molecule has 1 N–H and O–H groups in total. The molecular formula is C15H18ClN5O2. The van der Waals surface area contributed by atoms with Gasteiger partial charge in [0.25, 0.3) is 0 Å². The van der Waals surface area contributed by atoms with Crippen LogP contribution in [0.1, 0.15) is 12.2 Å². The van der Waals surface area contributed by atoms with E-state index in [1.807, 2.05) is 30.1 Å². The molecule has 1 fully saturated rings. The summed E-state index contributed by atoms with van der Waals surface area (Å²) in [6, 6.07) is 7.08. The van der Waals surface area contributed by atoms with Gasteiger partial charge in [0.1, 0.15) is 5.82 Å². The Balaban J connectivity index is 1.73. The lowest BCUT2D eigenvalue weighted by Crippen LogP contribution is -2.39. The van der Waals surface area contributed by atoms with Crippen molar-refractivity contribution in [2.75, 3.05) is 18.5 Å². The molecule has 1 unspecified atom stereocenters. The third kappa shape index (κ3) is 3.02. The number of anilines is 1. The van der Waals surface area contributed by atoms with E-state index in [9.17, 15) is 9.59 Å². The first-order valence-electron chi connectivity index (χ1n) is 7.35. The van der Waals surface area contributed by atoms with Gasteiger partial charge in [0, 0.05) is 13.6 Å². The minimum Gasteiger partial charge on any atom is -0.310 e. The van der Waals surface area contributed by atoms with Crippen molar-refractivity contribution < 1.29 is 4.79 Å². The van der Waals surface area contributed by atoms with E-state index in [1.165, 1.54) is 4.68 Å². The molecule has 0 saturated carbocycles. The van der Waals surface area contributed by atoms with Crippen LogP contribution in [0.2, 0.25) is 5.02 Å². The molecule has 0 bridgehead atoms. The number of hydrogen-bond acceptors (Lipinski definition) is 4. The molecule has 1 aliphatic heterocycles. The summed E-state index contributed by atoms with van der Waals surface area (Å²) in [5.41, 5.74) is 0.477. The number of para-hydroxylation sites is 1. The molecular weight excluding hydrogens is 318 g/mol. The second-order valence-corrected chi connectivity index (χ2v) is 6.07. The largest absolute Gasteiger partial charge is 0.343 e. The molecule has 0 radical (unpaired) electrons. The van der Waals surface area contributed by atoms with Gasteiger partial charge in [0.05, 0.1) is 23.3 Å². The van der Waals surface area contributed by atoms with Crippen LogP contribution >= 0.6 is 11.6 Å². The van der Waals surface area contributed by atoms with Crippen LogP contribution in [0.15, 0.2) is 29.1 Å². The molecule has 1 aromatic heterocycles. The first-order chi connectivity index (χ1) is 11.0. The first kappa shape index (κ1) is 15.8. The number of rotatable bonds is 4. The van der Waals surface area contributed by atoms with Crippen LogP contribution in [0.25, 0.3) is 0 Å². The van der Waals surface area contributed by atoms with Gasteiger partial charge >= 0.3 is 5.69 Å². The van der Waals surface area contributed by atoms with Gasteiger partial charge < -0.3 is 4.90 Å². The summed E-state index contributed by atoms with van der Waals surface area (Å²) < 4.78 is 1.25. The Bertz CT molecular complexity index is 784. The van der Waals surface area contributed by atoms with Gasteiger partial charge in [-0.2, -0.15) is 5.10 Å². The van der Waals surface area contributed by atoms with Crippen LogP contribution < -0.4 is 10.6 Å². The summed E-state index contributed by atoms with van der Waals surface area (Å²) in [7, 11) is 3.44. The van der Waals surface area contributed by atoms with Crippen molar-refractivity contribution in [3.8, 4) is 0 Å².